The highest BCUT2D eigenvalue weighted by molar-refractivity contribution is 8.00. The van der Waals surface area contributed by atoms with E-state index in [0.29, 0.717) is 28.0 Å². The molecule has 0 aliphatic carbocycles. The number of hydrogen-bond donors (Lipinski definition) is 1. The van der Waals surface area contributed by atoms with Gasteiger partial charge < -0.3 is 20.2 Å². The Labute approximate surface area is 170 Å². The zero-order valence-electron chi connectivity index (χ0n) is 17.5. The zero-order valence-corrected chi connectivity index (χ0v) is 18.3. The Hall–Kier alpha value is -2.42. The van der Waals surface area contributed by atoms with E-state index in [1.807, 2.05) is 45.6 Å². The van der Waals surface area contributed by atoms with Gasteiger partial charge in [-0.15, -0.1) is 10.2 Å². The van der Waals surface area contributed by atoms with E-state index in [2.05, 4.69) is 10.2 Å². The minimum atomic E-state index is -0.345. The summed E-state index contributed by atoms with van der Waals surface area (Å²) in [5.41, 5.74) is 0.690. The third kappa shape index (κ3) is 4.52. The van der Waals surface area contributed by atoms with Crippen molar-refractivity contribution in [3.05, 3.63) is 18.2 Å². The Morgan fingerprint density at radius 2 is 1.75 bits per heavy atom. The van der Waals surface area contributed by atoms with Crippen LogP contribution in [-0.2, 0) is 4.79 Å². The number of rotatable bonds is 8. The Morgan fingerprint density at radius 3 is 2.29 bits per heavy atom. The maximum atomic E-state index is 12.9. The van der Waals surface area contributed by atoms with Gasteiger partial charge in [0.2, 0.25) is 11.1 Å². The topological polar surface area (TPSA) is 95.5 Å². The SMILES string of the molecule is COc1ccc(-c2nnc(S[C@@H](C)C(=O)N(C(C)C)C(C)C)n2N)c(OC)c1. The quantitative estimate of drug-likeness (QED) is 0.531. The normalized spacial score (nSPS) is 12.3. The number of carbonyl (C=O) groups excluding carboxylic acids is 1. The fourth-order valence-corrected chi connectivity index (χ4v) is 3.87. The van der Waals surface area contributed by atoms with Gasteiger partial charge in [-0.1, -0.05) is 11.8 Å². The van der Waals surface area contributed by atoms with E-state index in [-0.39, 0.29) is 23.2 Å². The van der Waals surface area contributed by atoms with Crippen molar-refractivity contribution in [1.29, 1.82) is 0 Å². The molecule has 0 fully saturated rings. The smallest absolute Gasteiger partial charge is 0.236 e. The third-order valence-electron chi connectivity index (χ3n) is 4.31. The summed E-state index contributed by atoms with van der Waals surface area (Å²) in [5, 5.41) is 8.49. The van der Waals surface area contributed by atoms with Gasteiger partial charge in [-0.05, 0) is 46.8 Å². The van der Waals surface area contributed by atoms with Crippen LogP contribution in [0.15, 0.2) is 23.4 Å². The molecule has 0 bridgehead atoms. The van der Waals surface area contributed by atoms with Gasteiger partial charge in [-0.2, -0.15) is 0 Å². The van der Waals surface area contributed by atoms with E-state index >= 15 is 0 Å². The number of benzene rings is 1. The van der Waals surface area contributed by atoms with Crippen molar-refractivity contribution in [2.24, 2.45) is 0 Å². The van der Waals surface area contributed by atoms with Crippen molar-refractivity contribution in [2.45, 2.75) is 57.1 Å². The van der Waals surface area contributed by atoms with Crippen LogP contribution in [0.5, 0.6) is 11.5 Å². The van der Waals surface area contributed by atoms with E-state index < -0.39 is 0 Å². The van der Waals surface area contributed by atoms with Gasteiger partial charge in [0.05, 0.1) is 25.0 Å². The molecule has 9 heteroatoms. The van der Waals surface area contributed by atoms with Gasteiger partial charge >= 0.3 is 0 Å². The molecule has 2 aromatic rings. The van der Waals surface area contributed by atoms with Crippen LogP contribution >= 0.6 is 11.8 Å². The molecule has 1 aromatic heterocycles. The highest BCUT2D eigenvalue weighted by Gasteiger charge is 2.28. The van der Waals surface area contributed by atoms with Crippen molar-refractivity contribution in [1.82, 2.24) is 19.8 Å². The van der Waals surface area contributed by atoms with E-state index in [1.165, 1.54) is 16.4 Å². The predicted octanol–water partition coefficient (Wildman–Crippen LogP) is 2.80. The van der Waals surface area contributed by atoms with Gasteiger partial charge in [0, 0.05) is 18.2 Å². The number of nitrogens with two attached hydrogens (primary N) is 1. The fourth-order valence-electron chi connectivity index (χ4n) is 3.05. The van der Waals surface area contributed by atoms with Gasteiger partial charge in [-0.25, -0.2) is 4.68 Å². The van der Waals surface area contributed by atoms with Gasteiger partial charge in [0.15, 0.2) is 5.82 Å². The van der Waals surface area contributed by atoms with E-state index in [4.69, 9.17) is 15.3 Å². The number of aromatic nitrogens is 3. The third-order valence-corrected chi connectivity index (χ3v) is 5.36. The second-order valence-corrected chi connectivity index (χ2v) is 8.24. The molecule has 1 aromatic carbocycles. The standard InChI is InChI=1S/C19H29N5O3S/c1-11(2)23(12(3)4)18(25)13(5)28-19-22-21-17(24(19)20)15-9-8-14(26-6)10-16(15)27-7/h8-13H,20H2,1-7H3/t13-/m0/s1. The first-order valence-electron chi connectivity index (χ1n) is 9.12. The summed E-state index contributed by atoms with van der Waals surface area (Å²) < 4.78 is 12.0. The first-order valence-corrected chi connectivity index (χ1v) is 10.0. The molecule has 1 atom stereocenters. The largest absolute Gasteiger partial charge is 0.497 e. The molecule has 8 nitrogen and oxygen atoms in total. The van der Waals surface area contributed by atoms with Gasteiger partial charge in [0.1, 0.15) is 11.5 Å². The summed E-state index contributed by atoms with van der Waals surface area (Å²) in [6, 6.07) is 5.60. The molecule has 0 aliphatic rings. The molecule has 0 spiro atoms. The summed E-state index contributed by atoms with van der Waals surface area (Å²) in [6.45, 7) is 9.89. The number of amides is 1. The van der Waals surface area contributed by atoms with E-state index in [9.17, 15) is 4.79 Å². The summed E-state index contributed by atoms with van der Waals surface area (Å²) in [6.07, 6.45) is 0. The van der Waals surface area contributed by atoms with Crippen molar-refractivity contribution in [3.63, 3.8) is 0 Å². The molecule has 2 N–H and O–H groups in total. The van der Waals surface area contributed by atoms with E-state index in [1.54, 1.807) is 26.4 Å². The Bertz CT molecular complexity index is 814. The van der Waals surface area contributed by atoms with Crippen molar-refractivity contribution in [3.8, 4) is 22.9 Å². The van der Waals surface area contributed by atoms with Crippen LogP contribution in [0.3, 0.4) is 0 Å². The molecule has 2 rings (SSSR count). The Kier molecular flexibility index (Phi) is 7.17. The van der Waals surface area contributed by atoms with Crippen LogP contribution in [0.25, 0.3) is 11.4 Å². The molecular weight excluding hydrogens is 378 g/mol. The first kappa shape index (κ1) is 21.9. The number of thioether (sulfide) groups is 1. The number of ether oxygens (including phenoxy) is 2. The molecule has 0 radical (unpaired) electrons. The number of methoxy groups -OCH3 is 2. The first-order chi connectivity index (χ1) is 13.2. The van der Waals surface area contributed by atoms with Crippen LogP contribution in [-0.4, -0.2) is 57.2 Å². The summed E-state index contributed by atoms with van der Waals surface area (Å²) >= 11 is 1.29. The average Bonchev–Trinajstić information content (AvgIpc) is 3.00. The van der Waals surface area contributed by atoms with Crippen LogP contribution in [0, 0.1) is 0 Å². The Morgan fingerprint density at radius 1 is 1.11 bits per heavy atom. The number of nitrogen functional groups attached to an aromatic ring is 1. The predicted molar refractivity (Wildman–Crippen MR) is 111 cm³/mol. The molecule has 1 heterocycles. The summed E-state index contributed by atoms with van der Waals surface area (Å²) in [5.74, 6) is 7.97. The molecule has 28 heavy (non-hydrogen) atoms. The lowest BCUT2D eigenvalue weighted by molar-refractivity contribution is -0.133. The monoisotopic (exact) mass is 407 g/mol. The number of nitrogens with zero attached hydrogens (tertiary/aromatic N) is 4. The van der Waals surface area contributed by atoms with Crippen LogP contribution in [0.1, 0.15) is 34.6 Å². The maximum absolute atomic E-state index is 12.9. The fraction of sp³-hybridized carbons (Fsp3) is 0.526. The van der Waals surface area contributed by atoms with Crippen LogP contribution in [0.2, 0.25) is 0 Å². The molecule has 154 valence electrons. The maximum Gasteiger partial charge on any atom is 0.236 e. The molecule has 0 aliphatic heterocycles. The number of hydrogen-bond acceptors (Lipinski definition) is 7. The Balaban J connectivity index is 2.27. The minimum Gasteiger partial charge on any atom is -0.497 e. The lowest BCUT2D eigenvalue weighted by Crippen LogP contribution is -2.45. The minimum absolute atomic E-state index is 0.0431. The van der Waals surface area contributed by atoms with Gasteiger partial charge in [-0.3, -0.25) is 4.79 Å². The van der Waals surface area contributed by atoms with Crippen LogP contribution < -0.4 is 15.3 Å². The molecule has 0 saturated carbocycles. The van der Waals surface area contributed by atoms with Crippen molar-refractivity contribution >= 4 is 17.7 Å². The molecule has 1 amide bonds. The van der Waals surface area contributed by atoms with E-state index in [0.717, 1.165) is 0 Å². The second kappa shape index (κ2) is 9.18. The highest BCUT2D eigenvalue weighted by Crippen LogP contribution is 2.33. The molecule has 0 unspecified atom stereocenters. The van der Waals surface area contributed by atoms with Gasteiger partial charge in [0.25, 0.3) is 0 Å². The number of carbonyl (C=O) groups is 1. The average molecular weight is 408 g/mol. The van der Waals surface area contributed by atoms with Crippen LogP contribution in [0.4, 0.5) is 0 Å². The lowest BCUT2D eigenvalue weighted by atomic mass is 10.2. The molecular formula is C19H29N5O3S. The summed E-state index contributed by atoms with van der Waals surface area (Å²) in [4.78, 5) is 14.7. The summed E-state index contributed by atoms with van der Waals surface area (Å²) in [7, 11) is 3.16. The lowest BCUT2D eigenvalue weighted by Gasteiger charge is -2.32. The second-order valence-electron chi connectivity index (χ2n) is 6.94. The van der Waals surface area contributed by atoms with Crippen molar-refractivity contribution in [2.75, 3.05) is 20.1 Å². The highest BCUT2D eigenvalue weighted by atomic mass is 32.2. The zero-order chi connectivity index (χ0) is 21.0. The van der Waals surface area contributed by atoms with Crippen molar-refractivity contribution < 1.29 is 14.3 Å². The molecule has 0 saturated heterocycles.